The molecule has 0 aliphatic heterocycles. The van der Waals surface area contributed by atoms with Gasteiger partial charge < -0.3 is 15.0 Å². The van der Waals surface area contributed by atoms with Crippen LogP contribution in [0, 0.1) is 0 Å². The Hall–Kier alpha value is -2.34. The molecule has 2 amide bonds. The van der Waals surface area contributed by atoms with Gasteiger partial charge in [0.1, 0.15) is 5.75 Å². The van der Waals surface area contributed by atoms with E-state index in [1.807, 2.05) is 31.2 Å². The predicted octanol–water partition coefficient (Wildman–Crippen LogP) is 3.24. The van der Waals surface area contributed by atoms with Crippen LogP contribution in [0.3, 0.4) is 0 Å². The Morgan fingerprint density at radius 1 is 1.12 bits per heavy atom. The molecule has 0 aliphatic rings. The first kappa shape index (κ1) is 19.0. The molecule has 6 heteroatoms. The van der Waals surface area contributed by atoms with Crippen molar-refractivity contribution < 1.29 is 14.3 Å². The molecule has 25 heavy (non-hydrogen) atoms. The first-order valence-corrected chi connectivity index (χ1v) is 8.79. The van der Waals surface area contributed by atoms with E-state index in [4.69, 9.17) is 4.74 Å². The van der Waals surface area contributed by atoms with E-state index in [-0.39, 0.29) is 18.4 Å². The molecule has 0 unspecified atom stereocenters. The van der Waals surface area contributed by atoms with Crippen molar-refractivity contribution in [1.29, 1.82) is 0 Å². The molecule has 0 fully saturated rings. The molecule has 0 aliphatic carbocycles. The van der Waals surface area contributed by atoms with Crippen LogP contribution in [0.1, 0.15) is 22.8 Å². The van der Waals surface area contributed by atoms with Crippen LogP contribution in [0.5, 0.6) is 5.75 Å². The number of nitrogens with zero attached hydrogens (tertiary/aromatic N) is 1. The van der Waals surface area contributed by atoms with Gasteiger partial charge in [-0.05, 0) is 42.8 Å². The van der Waals surface area contributed by atoms with Gasteiger partial charge in [0.15, 0.2) is 0 Å². The molecule has 0 bridgehead atoms. The van der Waals surface area contributed by atoms with E-state index in [0.717, 1.165) is 10.0 Å². The minimum Gasteiger partial charge on any atom is -0.494 e. The van der Waals surface area contributed by atoms with Crippen molar-refractivity contribution in [2.45, 2.75) is 13.5 Å². The summed E-state index contributed by atoms with van der Waals surface area (Å²) in [5.41, 5.74) is 1.50. The molecule has 2 rings (SSSR count). The summed E-state index contributed by atoms with van der Waals surface area (Å²) in [6.07, 6.45) is 0. The molecule has 0 saturated heterocycles. The Bertz CT molecular complexity index is 732. The van der Waals surface area contributed by atoms with Crippen molar-refractivity contribution in [3.05, 3.63) is 64.1 Å². The van der Waals surface area contributed by atoms with Gasteiger partial charge in [0.25, 0.3) is 5.91 Å². The Morgan fingerprint density at radius 2 is 1.80 bits per heavy atom. The molecular formula is C19H21BrN2O3. The van der Waals surface area contributed by atoms with Gasteiger partial charge in [-0.15, -0.1) is 0 Å². The predicted molar refractivity (Wildman–Crippen MR) is 101 cm³/mol. The number of carbonyl (C=O) groups is 2. The quantitative estimate of drug-likeness (QED) is 0.770. The molecule has 0 spiro atoms. The van der Waals surface area contributed by atoms with Crippen molar-refractivity contribution in [2.75, 3.05) is 20.2 Å². The van der Waals surface area contributed by atoms with Gasteiger partial charge in [-0.2, -0.15) is 0 Å². The van der Waals surface area contributed by atoms with Gasteiger partial charge in [0.05, 0.1) is 13.2 Å². The molecule has 2 aromatic carbocycles. The topological polar surface area (TPSA) is 58.6 Å². The summed E-state index contributed by atoms with van der Waals surface area (Å²) >= 11 is 3.47. The summed E-state index contributed by atoms with van der Waals surface area (Å²) < 4.78 is 6.29. The van der Waals surface area contributed by atoms with E-state index in [1.54, 1.807) is 36.2 Å². The number of likely N-dealkylation sites (N-methyl/N-ethyl adjacent to an activating group) is 1. The fourth-order valence-corrected chi connectivity index (χ4v) is 2.64. The van der Waals surface area contributed by atoms with Crippen molar-refractivity contribution in [3.63, 3.8) is 0 Å². The zero-order chi connectivity index (χ0) is 18.2. The van der Waals surface area contributed by atoms with Crippen LogP contribution in [0.25, 0.3) is 0 Å². The maximum absolute atomic E-state index is 12.2. The summed E-state index contributed by atoms with van der Waals surface area (Å²) in [6, 6.07) is 14.6. The lowest BCUT2D eigenvalue weighted by Gasteiger charge is -2.18. The third-order valence-electron chi connectivity index (χ3n) is 3.62. The summed E-state index contributed by atoms with van der Waals surface area (Å²) in [6.45, 7) is 2.90. The Balaban J connectivity index is 1.86. The lowest BCUT2D eigenvalue weighted by atomic mass is 10.2. The van der Waals surface area contributed by atoms with E-state index in [9.17, 15) is 9.59 Å². The number of halogens is 1. The van der Waals surface area contributed by atoms with Crippen LogP contribution in [0.4, 0.5) is 0 Å². The fraction of sp³-hybridized carbons (Fsp3) is 0.263. The van der Waals surface area contributed by atoms with Gasteiger partial charge in [-0.1, -0.05) is 34.1 Å². The largest absolute Gasteiger partial charge is 0.494 e. The molecule has 0 saturated carbocycles. The second-order valence-corrected chi connectivity index (χ2v) is 6.34. The first-order valence-electron chi connectivity index (χ1n) is 7.99. The highest BCUT2D eigenvalue weighted by atomic mass is 79.9. The number of carbonyl (C=O) groups excluding carboxylic acids is 2. The first-order chi connectivity index (χ1) is 12.0. The van der Waals surface area contributed by atoms with Gasteiger partial charge in [-0.3, -0.25) is 9.59 Å². The van der Waals surface area contributed by atoms with Crippen molar-refractivity contribution in [3.8, 4) is 5.75 Å². The maximum atomic E-state index is 12.2. The molecule has 5 nitrogen and oxygen atoms in total. The van der Waals surface area contributed by atoms with Crippen LogP contribution in [-0.2, 0) is 11.3 Å². The fourth-order valence-electron chi connectivity index (χ4n) is 2.23. The van der Waals surface area contributed by atoms with Gasteiger partial charge in [0, 0.05) is 23.6 Å². The Labute approximate surface area is 156 Å². The van der Waals surface area contributed by atoms with E-state index < -0.39 is 0 Å². The van der Waals surface area contributed by atoms with Crippen LogP contribution >= 0.6 is 15.9 Å². The highest BCUT2D eigenvalue weighted by Gasteiger charge is 2.13. The standard InChI is InChI=1S/C19H21BrN2O3/c1-3-25-16-10-8-14(9-11-16)19(24)21-12-18(23)22(2)13-15-6-4-5-7-17(15)20/h4-11H,3,12-13H2,1-2H3,(H,21,24). The Morgan fingerprint density at radius 3 is 2.44 bits per heavy atom. The minimum absolute atomic E-state index is 0.0486. The summed E-state index contributed by atoms with van der Waals surface area (Å²) in [5.74, 6) is 0.268. The summed E-state index contributed by atoms with van der Waals surface area (Å²) in [5, 5.41) is 2.65. The molecule has 132 valence electrons. The zero-order valence-corrected chi connectivity index (χ0v) is 15.9. The van der Waals surface area contributed by atoms with E-state index in [2.05, 4.69) is 21.2 Å². The molecule has 0 aromatic heterocycles. The van der Waals surface area contributed by atoms with Crippen LogP contribution < -0.4 is 10.1 Å². The molecule has 1 N–H and O–H groups in total. The second-order valence-electron chi connectivity index (χ2n) is 5.48. The highest BCUT2D eigenvalue weighted by molar-refractivity contribution is 9.10. The smallest absolute Gasteiger partial charge is 0.251 e. The molecule has 0 radical (unpaired) electrons. The average Bonchev–Trinajstić information content (AvgIpc) is 2.62. The second kappa shape index (κ2) is 9.22. The summed E-state index contributed by atoms with van der Waals surface area (Å²) in [4.78, 5) is 25.9. The average molecular weight is 405 g/mol. The van der Waals surface area contributed by atoms with Gasteiger partial charge in [0.2, 0.25) is 5.91 Å². The SMILES string of the molecule is CCOc1ccc(C(=O)NCC(=O)N(C)Cc2ccccc2Br)cc1. The van der Waals surface area contributed by atoms with Crippen molar-refractivity contribution in [1.82, 2.24) is 10.2 Å². The third kappa shape index (κ3) is 5.60. The lowest BCUT2D eigenvalue weighted by Crippen LogP contribution is -2.37. The number of ether oxygens (including phenoxy) is 1. The lowest BCUT2D eigenvalue weighted by molar-refractivity contribution is -0.129. The highest BCUT2D eigenvalue weighted by Crippen LogP contribution is 2.17. The van der Waals surface area contributed by atoms with E-state index in [1.165, 1.54) is 0 Å². The molecular weight excluding hydrogens is 384 g/mol. The number of amides is 2. The van der Waals surface area contributed by atoms with Gasteiger partial charge in [-0.25, -0.2) is 0 Å². The van der Waals surface area contributed by atoms with Crippen LogP contribution in [-0.4, -0.2) is 36.9 Å². The number of rotatable bonds is 7. The van der Waals surface area contributed by atoms with E-state index >= 15 is 0 Å². The maximum Gasteiger partial charge on any atom is 0.251 e. The zero-order valence-electron chi connectivity index (χ0n) is 14.3. The minimum atomic E-state index is -0.286. The summed E-state index contributed by atoms with van der Waals surface area (Å²) in [7, 11) is 1.71. The van der Waals surface area contributed by atoms with Crippen LogP contribution in [0.2, 0.25) is 0 Å². The number of hydrogen-bond acceptors (Lipinski definition) is 3. The van der Waals surface area contributed by atoms with Crippen LogP contribution in [0.15, 0.2) is 53.0 Å². The number of benzene rings is 2. The molecule has 2 aromatic rings. The Kier molecular flexibility index (Phi) is 7.01. The number of nitrogens with one attached hydrogen (secondary N) is 1. The van der Waals surface area contributed by atoms with Crippen molar-refractivity contribution in [2.24, 2.45) is 0 Å². The normalized spacial score (nSPS) is 10.2. The molecule has 0 heterocycles. The van der Waals surface area contributed by atoms with Crippen molar-refractivity contribution >= 4 is 27.7 Å². The molecule has 0 atom stereocenters. The number of hydrogen-bond donors (Lipinski definition) is 1. The third-order valence-corrected chi connectivity index (χ3v) is 4.39. The van der Waals surface area contributed by atoms with Gasteiger partial charge >= 0.3 is 0 Å². The monoisotopic (exact) mass is 404 g/mol. The van der Waals surface area contributed by atoms with E-state index in [0.29, 0.717) is 24.5 Å².